The van der Waals surface area contributed by atoms with Crippen LogP contribution in [0.1, 0.15) is 0 Å². The van der Waals surface area contributed by atoms with Crippen molar-refractivity contribution in [3.05, 3.63) is 385 Å². The average Bonchev–Trinajstić information content (AvgIpc) is 0.946. The minimum absolute atomic E-state index is 0. The fourth-order valence-corrected chi connectivity index (χ4v) is 9.30. The maximum absolute atomic E-state index is 10.7. The first-order chi connectivity index (χ1) is 56.5. The number of sulfonamides is 7. The van der Waals surface area contributed by atoms with Gasteiger partial charge >= 0.3 is 0 Å². The summed E-state index contributed by atoms with van der Waals surface area (Å²) in [6.45, 7) is 0. The third kappa shape index (κ3) is 121. The number of aromatic nitrogens is 14. The minimum Gasteiger partial charge on any atom is -0.456 e. The van der Waals surface area contributed by atoms with Crippen LogP contribution in [0.25, 0.3) is 0 Å². The number of rotatable bonds is 14. The molecule has 0 saturated carbocycles. The first kappa shape index (κ1) is 158. The smallest absolute Gasteiger partial charge is 0.229 e. The van der Waals surface area contributed by atoms with Crippen molar-refractivity contribution in [1.82, 2.24) is 69.8 Å². The minimum atomic E-state index is -3.22. The van der Waals surface area contributed by atoms with Crippen LogP contribution in [0, 0.1) is 85.5 Å². The zero-order valence-corrected chi connectivity index (χ0v) is 97.8. The van der Waals surface area contributed by atoms with Gasteiger partial charge in [0.05, 0.1) is 43.8 Å². The largest absolute Gasteiger partial charge is 0.456 e. The summed E-state index contributed by atoms with van der Waals surface area (Å²) in [6.07, 6.45) is 45.6. The summed E-state index contributed by atoms with van der Waals surface area (Å²) >= 11 is 0. The molecule has 2 aromatic carbocycles. The van der Waals surface area contributed by atoms with Crippen molar-refractivity contribution in [2.75, 3.05) is 76.8 Å². The molecule has 28 radical (unpaired) electrons. The van der Waals surface area contributed by atoms with Crippen LogP contribution in [0.2, 0.25) is 0 Å². The molecule has 672 valence electrons. The van der Waals surface area contributed by atoms with Gasteiger partial charge in [-0.25, -0.2) is 156 Å². The second kappa shape index (κ2) is 99.5. The number of hydrogen-bond donors (Lipinski definition) is 7. The number of pyridine rings is 10. The molecule has 14 aromatic rings. The van der Waals surface area contributed by atoms with E-state index in [2.05, 4.69) is 188 Å². The van der Waals surface area contributed by atoms with E-state index in [1.165, 1.54) is 37.2 Å². The molecular weight excluding hydrogens is 2370 g/mol. The number of benzene rings is 2. The van der Waals surface area contributed by atoms with E-state index < -0.39 is 70.2 Å². The summed E-state index contributed by atoms with van der Waals surface area (Å²) in [5.41, 5.74) is 0.935. The van der Waals surface area contributed by atoms with Gasteiger partial charge in [0.25, 0.3) is 0 Å². The Hall–Kier alpha value is -5.47. The van der Waals surface area contributed by atoms with Gasteiger partial charge in [0.2, 0.25) is 70.2 Å². The molecule has 0 atom stereocenters. The van der Waals surface area contributed by atoms with Gasteiger partial charge in [-0.3, -0.25) is 48.5 Å². The Kier molecular flexibility index (Phi) is 119. The Bertz CT molecular complexity index is 4490. The summed E-state index contributed by atoms with van der Waals surface area (Å²) in [7, 11) is -22.4. The summed E-state index contributed by atoms with van der Waals surface area (Å²) < 4.78 is 165. The molecule has 0 fully saturated rings. The van der Waals surface area contributed by atoms with E-state index in [4.69, 9.17) is 0 Å². The third-order valence-electron chi connectivity index (χ3n) is 9.89. The Morgan fingerprint density at radius 3 is 0.586 bits per heavy atom. The van der Waals surface area contributed by atoms with Gasteiger partial charge in [0.1, 0.15) is 0 Å². The first-order valence-corrected chi connectivity index (χ1v) is 45.8. The summed E-state index contributed by atoms with van der Waals surface area (Å²) in [5, 5.41) is 0. The molecule has 35 nitrogen and oxygen atoms in total. The standard InChI is InChI=1S/2C7H8NO2S.5C6H7N2O2S.5C5H4N.2C4H3N2.7B.7Y/c2*1-11(9,10)8-7-5-3-2-4-6-7;5*1-11(9,10)8-6-4-2-3-5-7-6;5*1-2-4-6-5-3-1;1-2-6-4-3-5-1;1-2-5-4-6-3-1;;;;;;;;;;;;;;/h2*2-5,8H,1H3;5*2-3,5H,1H3,(H,7,8);2-5H;3*1-2,4-5H;1-4H;2*1-3H;;;;;;;;;;;;;;/q14*-1;;;;;;;;;;;;;;. The fraction of sp³-hybridized carbons (Fsp3) is 0.0909. The van der Waals surface area contributed by atoms with Crippen molar-refractivity contribution >= 4 is 170 Å². The van der Waals surface area contributed by atoms with Crippen molar-refractivity contribution in [3.8, 4) is 0 Å². The molecule has 7 N–H and O–H groups in total. The first-order valence-electron chi connectivity index (χ1n) is 32.5. The van der Waals surface area contributed by atoms with Gasteiger partial charge in [0.15, 0.2) is 0 Å². The van der Waals surface area contributed by atoms with E-state index in [-0.39, 0.29) is 317 Å². The van der Waals surface area contributed by atoms with Crippen molar-refractivity contribution in [2.45, 2.75) is 0 Å². The SMILES string of the molecule is CS(=O)(=O)Nc1[c-]cccc1.CS(=O)(=O)Nc1[c-]cccc1.CS(=O)(=O)Nc1[c-]cccn1.CS(=O)(=O)Nc1[c-]cccn1.CS(=O)(=O)Nc1[c-]cccn1.CS(=O)(=O)Nc1[c-]cccn1.CS(=O)(=O)Nc1[c-]cccn1.[B].[B].[B].[B].[B].[B].[B].[Y].[Y].[Y].[Y].[Y].[Y].[Y].[c-]1ccccn1.[c-]1cccnc1.[c-]1cccnc1.[c-]1cccnc1.[c-]1ccncc1.[c-]1cnccn1.[c-]1ncccn1. The molecule has 0 bridgehead atoms. The normalized spacial score (nSPS) is 8.89. The molecule has 0 aliphatic rings. The van der Waals surface area contributed by atoms with Gasteiger partial charge in [0, 0.05) is 323 Å². The molecule has 0 spiro atoms. The predicted octanol–water partition coefficient (Wildman–Crippen LogP) is 5.26. The van der Waals surface area contributed by atoms with E-state index in [1.54, 1.807) is 214 Å². The molecule has 12 aromatic heterocycles. The van der Waals surface area contributed by atoms with Crippen LogP contribution >= 0.6 is 0 Å². The van der Waals surface area contributed by atoms with Gasteiger partial charge in [-0.1, -0.05) is 117 Å². The van der Waals surface area contributed by atoms with Crippen molar-refractivity contribution in [2.24, 2.45) is 0 Å². The molecule has 0 aliphatic carbocycles. The topological polar surface area (TPSA) is 504 Å². The van der Waals surface area contributed by atoms with E-state index >= 15 is 0 Å². The van der Waals surface area contributed by atoms with Gasteiger partial charge in [-0.15, -0.1) is 30.6 Å². The molecule has 0 unspecified atom stereocenters. The quantitative estimate of drug-likeness (QED) is 0.0539. The maximum atomic E-state index is 10.7. The predicted molar refractivity (Wildman–Crippen MR) is 493 cm³/mol. The number of anilines is 7. The summed E-state index contributed by atoms with van der Waals surface area (Å²) in [5.74, 6) is 1.09. The maximum Gasteiger partial charge on any atom is 0.229 e. The van der Waals surface area contributed by atoms with E-state index in [0.717, 1.165) is 43.8 Å². The fourth-order valence-electron chi connectivity index (χ4n) is 5.93. The second-order valence-electron chi connectivity index (χ2n) is 20.8. The van der Waals surface area contributed by atoms with Crippen LogP contribution in [-0.4, -0.2) is 231 Å². The average molecular weight is 2440 g/mol. The molecule has 14 rings (SSSR count). The second-order valence-corrected chi connectivity index (χ2v) is 33.0. The molecule has 0 aliphatic heterocycles. The van der Waals surface area contributed by atoms with Crippen molar-refractivity contribution in [1.29, 1.82) is 0 Å². The Balaban J connectivity index is -0.0000000954. The monoisotopic (exact) mass is 2440 g/mol. The Morgan fingerprint density at radius 1 is 0.211 bits per heavy atom. The van der Waals surface area contributed by atoms with E-state index in [1.807, 2.05) is 48.5 Å². The molecule has 56 heteroatoms. The van der Waals surface area contributed by atoms with Gasteiger partial charge in [-0.05, 0) is 12.4 Å². The number of nitrogens with one attached hydrogen (secondary N) is 7. The third-order valence-corrected chi connectivity index (χ3v) is 13.9. The van der Waals surface area contributed by atoms with Crippen molar-refractivity contribution < 1.29 is 288 Å². The number of para-hydroxylation sites is 2. The van der Waals surface area contributed by atoms with E-state index in [9.17, 15) is 58.9 Å². The van der Waals surface area contributed by atoms with Crippen LogP contribution in [0.3, 0.4) is 0 Å². The van der Waals surface area contributed by atoms with Crippen LogP contribution < -0.4 is 33.1 Å². The Morgan fingerprint density at radius 2 is 0.474 bits per heavy atom. The molecular formula is C77H77B7N21O14S7Y7-14. The summed E-state index contributed by atoms with van der Waals surface area (Å²) in [6, 6.07) is 81.3. The van der Waals surface area contributed by atoms with Crippen LogP contribution in [0.5, 0.6) is 0 Å². The van der Waals surface area contributed by atoms with Crippen LogP contribution in [0.15, 0.2) is 300 Å². The zero-order valence-electron chi connectivity index (χ0n) is 72.2. The van der Waals surface area contributed by atoms with Gasteiger partial charge < -0.3 is 54.3 Å². The van der Waals surface area contributed by atoms with Crippen LogP contribution in [0.4, 0.5) is 40.5 Å². The summed E-state index contributed by atoms with van der Waals surface area (Å²) in [4.78, 5) is 51.6. The van der Waals surface area contributed by atoms with Crippen molar-refractivity contribution in [3.63, 3.8) is 0 Å². The molecule has 12 heterocycles. The van der Waals surface area contributed by atoms with E-state index in [0.29, 0.717) is 11.4 Å². The van der Waals surface area contributed by atoms with Gasteiger partial charge in [-0.2, -0.15) is 133 Å². The molecule has 133 heavy (non-hydrogen) atoms. The zero-order chi connectivity index (χ0) is 87.9. The number of hydrogen-bond acceptors (Lipinski definition) is 28. The van der Waals surface area contributed by atoms with Crippen LogP contribution in [-0.2, 0) is 299 Å². The number of nitrogens with zero attached hydrogens (tertiary/aromatic N) is 14. The Labute approximate surface area is 974 Å². The molecule has 0 amide bonds. The molecule has 0 saturated heterocycles.